The lowest BCUT2D eigenvalue weighted by molar-refractivity contribution is 0.669. The first-order valence-electron chi connectivity index (χ1n) is 7.01. The Labute approximate surface area is 140 Å². The number of benzene rings is 3. The predicted molar refractivity (Wildman–Crippen MR) is 98.4 cm³/mol. The summed E-state index contributed by atoms with van der Waals surface area (Å²) < 4.78 is 5.65. The highest BCUT2D eigenvalue weighted by molar-refractivity contribution is 6.04. The van der Waals surface area contributed by atoms with Gasteiger partial charge in [0, 0.05) is 16.3 Å². The van der Waals surface area contributed by atoms with E-state index in [1.54, 1.807) is 0 Å². The molecule has 116 valence electrons. The first-order valence-corrected chi connectivity index (χ1v) is 7.01. The summed E-state index contributed by atoms with van der Waals surface area (Å²) in [5.74, 6) is 0.121. The molecule has 3 aromatic carbocycles. The Balaban J connectivity index is 0.000000171. The van der Waals surface area contributed by atoms with Crippen molar-refractivity contribution in [3.05, 3.63) is 84.4 Å². The van der Waals surface area contributed by atoms with Gasteiger partial charge >= 0.3 is 0 Å². The molecule has 4 heteroatoms. The molecule has 4 aromatic rings. The maximum atomic E-state index is 7.01. The largest absolute Gasteiger partial charge is 0.456 e. The molecule has 0 aliphatic heterocycles. The molecule has 0 spiro atoms. The second kappa shape index (κ2) is 7.47. The molecule has 0 atom stereocenters. The fourth-order valence-electron chi connectivity index (χ4n) is 2.29. The number of amidine groups is 1. The van der Waals surface area contributed by atoms with E-state index in [4.69, 9.17) is 15.6 Å². The van der Waals surface area contributed by atoms with Crippen LogP contribution in [0, 0.1) is 5.41 Å². The molecule has 0 unspecified atom stereocenters. The third kappa shape index (κ3) is 3.71. The van der Waals surface area contributed by atoms with Gasteiger partial charge in [0.2, 0.25) is 0 Å². The third-order valence-electron chi connectivity index (χ3n) is 3.37. The Kier molecular flexibility index (Phi) is 5.39. The molecule has 0 bridgehead atoms. The summed E-state index contributed by atoms with van der Waals surface area (Å²) >= 11 is 0. The number of nitrogens with one attached hydrogen (secondary N) is 1. The summed E-state index contributed by atoms with van der Waals surface area (Å²) in [6, 6.07) is 25.4. The molecule has 3 N–H and O–H groups in total. The van der Waals surface area contributed by atoms with Gasteiger partial charge in [0.15, 0.2) is 0 Å². The van der Waals surface area contributed by atoms with Crippen LogP contribution in [0.1, 0.15) is 5.56 Å². The zero-order valence-electron chi connectivity index (χ0n) is 12.4. The van der Waals surface area contributed by atoms with Crippen LogP contribution < -0.4 is 5.73 Å². The molecule has 0 aliphatic carbocycles. The van der Waals surface area contributed by atoms with E-state index in [9.17, 15) is 0 Å². The number of para-hydroxylation sites is 2. The molecule has 4 rings (SSSR count). The van der Waals surface area contributed by atoms with E-state index >= 15 is 0 Å². The molecule has 0 amide bonds. The monoisotopic (exact) mass is 324 g/mol. The minimum absolute atomic E-state index is 0. The lowest BCUT2D eigenvalue weighted by atomic mass is 10.2. The van der Waals surface area contributed by atoms with Crippen LogP contribution in [0.25, 0.3) is 21.9 Å². The minimum Gasteiger partial charge on any atom is -0.456 e. The van der Waals surface area contributed by atoms with E-state index in [0.717, 1.165) is 16.7 Å². The molecule has 0 radical (unpaired) electrons. The smallest absolute Gasteiger partial charge is 0.135 e. The Morgan fingerprint density at radius 2 is 1.13 bits per heavy atom. The standard InChI is InChI=1S/C12H8O.C7H8N2.ClH/c1-3-7-11-9(5-1)10-6-2-4-8-12(10)13-11;8-7(9)6-4-2-1-3-5-6;/h1-8H;1-5H,(H3,8,9);1H. The highest BCUT2D eigenvalue weighted by Crippen LogP contribution is 2.27. The van der Waals surface area contributed by atoms with Crippen LogP contribution in [0.4, 0.5) is 0 Å². The Morgan fingerprint density at radius 1 is 0.696 bits per heavy atom. The number of nitrogens with two attached hydrogens (primary N) is 1. The van der Waals surface area contributed by atoms with Crippen LogP contribution >= 0.6 is 12.4 Å². The molecule has 0 saturated carbocycles. The Hall–Kier alpha value is -2.78. The second-order valence-electron chi connectivity index (χ2n) is 4.87. The average molecular weight is 325 g/mol. The van der Waals surface area contributed by atoms with Gasteiger partial charge in [0.25, 0.3) is 0 Å². The molecule has 1 aromatic heterocycles. The minimum atomic E-state index is 0. The summed E-state index contributed by atoms with van der Waals surface area (Å²) in [4.78, 5) is 0. The lowest BCUT2D eigenvalue weighted by Gasteiger charge is -1.93. The lowest BCUT2D eigenvalue weighted by Crippen LogP contribution is -2.10. The molecule has 23 heavy (non-hydrogen) atoms. The Morgan fingerprint density at radius 3 is 1.57 bits per heavy atom. The number of furan rings is 1. The molecule has 3 nitrogen and oxygen atoms in total. The van der Waals surface area contributed by atoms with Crippen molar-refractivity contribution < 1.29 is 4.42 Å². The van der Waals surface area contributed by atoms with E-state index in [1.807, 2.05) is 66.7 Å². The van der Waals surface area contributed by atoms with Gasteiger partial charge in [-0.1, -0.05) is 66.7 Å². The maximum Gasteiger partial charge on any atom is 0.135 e. The number of fused-ring (bicyclic) bond motifs is 3. The van der Waals surface area contributed by atoms with E-state index in [1.165, 1.54) is 10.8 Å². The van der Waals surface area contributed by atoms with Crippen LogP contribution in [0.15, 0.2) is 83.3 Å². The zero-order valence-corrected chi connectivity index (χ0v) is 13.2. The van der Waals surface area contributed by atoms with Gasteiger partial charge in [-0.3, -0.25) is 5.41 Å². The molecule has 0 fully saturated rings. The topological polar surface area (TPSA) is 63.0 Å². The first kappa shape index (κ1) is 16.6. The van der Waals surface area contributed by atoms with Gasteiger partial charge in [-0.2, -0.15) is 0 Å². The normalized spacial score (nSPS) is 9.74. The number of rotatable bonds is 1. The van der Waals surface area contributed by atoms with E-state index in [2.05, 4.69) is 12.1 Å². The van der Waals surface area contributed by atoms with Gasteiger partial charge in [0.1, 0.15) is 17.0 Å². The van der Waals surface area contributed by atoms with Crippen LogP contribution in [-0.4, -0.2) is 5.84 Å². The van der Waals surface area contributed by atoms with Gasteiger partial charge in [-0.15, -0.1) is 12.4 Å². The summed E-state index contributed by atoms with van der Waals surface area (Å²) in [5.41, 5.74) is 7.90. The van der Waals surface area contributed by atoms with Crippen molar-refractivity contribution in [2.45, 2.75) is 0 Å². The number of nitrogen functional groups attached to an aromatic ring is 1. The Bertz CT molecular complexity index is 866. The van der Waals surface area contributed by atoms with Crippen molar-refractivity contribution in [2.24, 2.45) is 5.73 Å². The average Bonchev–Trinajstić information content (AvgIpc) is 2.95. The van der Waals surface area contributed by atoms with E-state index < -0.39 is 0 Å². The summed E-state index contributed by atoms with van der Waals surface area (Å²) in [7, 11) is 0. The van der Waals surface area contributed by atoms with Gasteiger partial charge in [0.05, 0.1) is 0 Å². The maximum absolute atomic E-state index is 7.01. The quantitative estimate of drug-likeness (QED) is 0.383. The van der Waals surface area contributed by atoms with Crippen LogP contribution in [-0.2, 0) is 0 Å². The highest BCUT2D eigenvalue weighted by atomic mass is 35.5. The van der Waals surface area contributed by atoms with Crippen molar-refractivity contribution in [1.29, 1.82) is 5.41 Å². The van der Waals surface area contributed by atoms with Crippen molar-refractivity contribution in [1.82, 2.24) is 0 Å². The first-order chi connectivity index (χ1) is 10.8. The molecule has 1 heterocycles. The summed E-state index contributed by atoms with van der Waals surface area (Å²) in [5, 5.41) is 9.40. The summed E-state index contributed by atoms with van der Waals surface area (Å²) in [6.45, 7) is 0. The van der Waals surface area contributed by atoms with E-state index in [-0.39, 0.29) is 18.2 Å². The highest BCUT2D eigenvalue weighted by Gasteiger charge is 2.03. The van der Waals surface area contributed by atoms with Crippen LogP contribution in [0.3, 0.4) is 0 Å². The number of hydrogen-bond acceptors (Lipinski definition) is 2. The van der Waals surface area contributed by atoms with Crippen LogP contribution in [0.2, 0.25) is 0 Å². The van der Waals surface area contributed by atoms with Gasteiger partial charge < -0.3 is 10.2 Å². The van der Waals surface area contributed by atoms with Crippen LogP contribution in [0.5, 0.6) is 0 Å². The van der Waals surface area contributed by atoms with E-state index in [0.29, 0.717) is 0 Å². The molecular weight excluding hydrogens is 308 g/mol. The van der Waals surface area contributed by atoms with Gasteiger partial charge in [-0.25, -0.2) is 0 Å². The summed E-state index contributed by atoms with van der Waals surface area (Å²) in [6.07, 6.45) is 0. The van der Waals surface area contributed by atoms with Crippen molar-refractivity contribution in [3.8, 4) is 0 Å². The molecule has 0 saturated heterocycles. The van der Waals surface area contributed by atoms with Crippen molar-refractivity contribution in [3.63, 3.8) is 0 Å². The fraction of sp³-hybridized carbons (Fsp3) is 0. The van der Waals surface area contributed by atoms with Crippen molar-refractivity contribution in [2.75, 3.05) is 0 Å². The predicted octanol–water partition coefficient (Wildman–Crippen LogP) is 4.98. The van der Waals surface area contributed by atoms with Crippen molar-refractivity contribution >= 4 is 40.2 Å². The molecular formula is C19H17ClN2O. The molecule has 0 aliphatic rings. The third-order valence-corrected chi connectivity index (χ3v) is 3.37. The SMILES string of the molecule is Cl.N=C(N)c1ccccc1.c1ccc2c(c1)oc1ccccc12. The number of hydrogen-bond donors (Lipinski definition) is 2. The van der Waals surface area contributed by atoms with Gasteiger partial charge in [-0.05, 0) is 12.1 Å². The fourth-order valence-corrected chi connectivity index (χ4v) is 2.29. The zero-order chi connectivity index (χ0) is 15.4. The number of halogens is 1. The second-order valence-corrected chi connectivity index (χ2v) is 4.87.